The lowest BCUT2D eigenvalue weighted by molar-refractivity contribution is 0.134. The van der Waals surface area contributed by atoms with E-state index in [4.69, 9.17) is 19.2 Å². The lowest BCUT2D eigenvalue weighted by Crippen LogP contribution is -2.30. The molecule has 4 heteroatoms. The first-order chi connectivity index (χ1) is 13.3. The Bertz CT molecular complexity index is 1020. The van der Waals surface area contributed by atoms with Crippen LogP contribution >= 0.6 is 0 Å². The Morgan fingerprint density at radius 1 is 1.04 bits per heavy atom. The van der Waals surface area contributed by atoms with Crippen molar-refractivity contribution < 1.29 is 14.2 Å². The number of hydrogen-bond acceptors (Lipinski definition) is 4. The van der Waals surface area contributed by atoms with E-state index in [1.54, 1.807) is 7.11 Å². The number of methoxy groups -OCH3 is 1. The third kappa shape index (κ3) is 2.69. The summed E-state index contributed by atoms with van der Waals surface area (Å²) in [6.45, 7) is 9.44. The summed E-state index contributed by atoms with van der Waals surface area (Å²) in [6.07, 6.45) is 2.71. The van der Waals surface area contributed by atoms with Gasteiger partial charge in [0.15, 0.2) is 11.5 Å². The third-order valence-corrected chi connectivity index (χ3v) is 5.86. The van der Waals surface area contributed by atoms with E-state index in [-0.39, 0.29) is 11.1 Å². The van der Waals surface area contributed by atoms with Gasteiger partial charge in [0.25, 0.3) is 0 Å². The Morgan fingerprint density at radius 3 is 2.64 bits per heavy atom. The van der Waals surface area contributed by atoms with Crippen molar-refractivity contribution in [3.05, 3.63) is 52.1 Å². The van der Waals surface area contributed by atoms with Crippen LogP contribution in [-0.4, -0.2) is 30.6 Å². The van der Waals surface area contributed by atoms with Gasteiger partial charge in [-0.3, -0.25) is 4.99 Å². The van der Waals surface area contributed by atoms with Gasteiger partial charge in [-0.2, -0.15) is 0 Å². The Hall–Kier alpha value is -2.49. The highest BCUT2D eigenvalue weighted by Gasteiger charge is 2.39. The Balaban J connectivity index is 1.74. The average molecular weight is 377 g/mol. The van der Waals surface area contributed by atoms with Crippen molar-refractivity contribution in [1.29, 1.82) is 0 Å². The molecule has 0 aromatic heterocycles. The maximum Gasteiger partial charge on any atom is 0.166 e. The van der Waals surface area contributed by atoms with Crippen LogP contribution in [0, 0.1) is 0 Å². The Kier molecular flexibility index (Phi) is 3.62. The van der Waals surface area contributed by atoms with Crippen LogP contribution in [0.3, 0.4) is 0 Å². The molecule has 0 amide bonds. The second-order valence-electron chi connectivity index (χ2n) is 9.33. The molecule has 2 aromatic carbocycles. The zero-order chi connectivity index (χ0) is 19.7. The van der Waals surface area contributed by atoms with Crippen molar-refractivity contribution in [2.75, 3.05) is 13.7 Å². The molecule has 3 aliphatic heterocycles. The summed E-state index contributed by atoms with van der Waals surface area (Å²) in [5.74, 6) is 2.71. The van der Waals surface area contributed by atoms with Crippen LogP contribution in [-0.2, 0) is 19.3 Å². The van der Waals surface area contributed by atoms with E-state index in [0.717, 1.165) is 54.4 Å². The molecule has 0 spiro atoms. The van der Waals surface area contributed by atoms with E-state index in [9.17, 15) is 0 Å². The van der Waals surface area contributed by atoms with E-state index in [1.165, 1.54) is 22.3 Å². The minimum Gasteiger partial charge on any atom is -0.493 e. The van der Waals surface area contributed by atoms with Crippen molar-refractivity contribution in [3.8, 4) is 17.2 Å². The summed E-state index contributed by atoms with van der Waals surface area (Å²) in [5, 5.41) is 0. The molecule has 0 N–H and O–H groups in total. The highest BCUT2D eigenvalue weighted by atomic mass is 16.5. The lowest BCUT2D eigenvalue weighted by Gasteiger charge is -2.31. The highest BCUT2D eigenvalue weighted by Crippen LogP contribution is 2.48. The van der Waals surface area contributed by atoms with Crippen molar-refractivity contribution in [2.24, 2.45) is 4.99 Å². The summed E-state index contributed by atoms with van der Waals surface area (Å²) < 4.78 is 17.7. The predicted molar refractivity (Wildman–Crippen MR) is 110 cm³/mol. The van der Waals surface area contributed by atoms with Crippen LogP contribution in [0.1, 0.15) is 55.5 Å². The summed E-state index contributed by atoms with van der Waals surface area (Å²) >= 11 is 0. The summed E-state index contributed by atoms with van der Waals surface area (Å²) in [5.41, 5.74) is 6.86. The van der Waals surface area contributed by atoms with E-state index in [1.807, 2.05) is 0 Å². The fourth-order valence-corrected chi connectivity index (χ4v) is 4.76. The Labute approximate surface area is 166 Å². The third-order valence-electron chi connectivity index (χ3n) is 5.86. The molecular formula is C24H27NO3. The molecule has 146 valence electrons. The fourth-order valence-electron chi connectivity index (χ4n) is 4.76. The zero-order valence-electron chi connectivity index (χ0n) is 17.3. The molecule has 5 rings (SSSR count). The molecule has 4 nitrogen and oxygen atoms in total. The van der Waals surface area contributed by atoms with Crippen molar-refractivity contribution >= 4 is 5.71 Å². The average Bonchev–Trinajstić information content (AvgIpc) is 3.21. The topological polar surface area (TPSA) is 40.0 Å². The van der Waals surface area contributed by atoms with Crippen LogP contribution in [0.2, 0.25) is 0 Å². The van der Waals surface area contributed by atoms with Gasteiger partial charge in [-0.1, -0.05) is 0 Å². The van der Waals surface area contributed by atoms with Gasteiger partial charge < -0.3 is 14.2 Å². The van der Waals surface area contributed by atoms with Gasteiger partial charge in [0.2, 0.25) is 0 Å². The first-order valence-electron chi connectivity index (χ1n) is 10.0. The van der Waals surface area contributed by atoms with Crippen LogP contribution in [0.25, 0.3) is 0 Å². The van der Waals surface area contributed by atoms with E-state index in [0.29, 0.717) is 0 Å². The number of fused-ring (bicyclic) bond motifs is 4. The number of hydrogen-bond donors (Lipinski definition) is 0. The maximum atomic E-state index is 6.29. The number of ether oxygens (including phenoxy) is 3. The second-order valence-corrected chi connectivity index (χ2v) is 9.33. The summed E-state index contributed by atoms with van der Waals surface area (Å²) in [4.78, 5) is 5.21. The molecule has 0 saturated carbocycles. The minimum absolute atomic E-state index is 0.161. The van der Waals surface area contributed by atoms with Gasteiger partial charge in [-0.05, 0) is 69.5 Å². The number of benzene rings is 2. The molecule has 0 unspecified atom stereocenters. The van der Waals surface area contributed by atoms with Crippen molar-refractivity contribution in [3.63, 3.8) is 0 Å². The SMILES string of the molecule is COc1cc2c(c3c1OC(C)(C)C3)C(c1ccc3c(c1)CCO3)=NC(C)(C)C2. The fraction of sp³-hybridized carbons (Fsp3) is 0.458. The van der Waals surface area contributed by atoms with Crippen LogP contribution < -0.4 is 14.2 Å². The largest absolute Gasteiger partial charge is 0.493 e. The van der Waals surface area contributed by atoms with Gasteiger partial charge in [-0.25, -0.2) is 0 Å². The molecule has 3 heterocycles. The first-order valence-corrected chi connectivity index (χ1v) is 10.0. The van der Waals surface area contributed by atoms with Gasteiger partial charge in [0.1, 0.15) is 11.4 Å². The molecule has 0 atom stereocenters. The Morgan fingerprint density at radius 2 is 1.86 bits per heavy atom. The lowest BCUT2D eigenvalue weighted by atomic mass is 9.80. The van der Waals surface area contributed by atoms with Gasteiger partial charge in [0, 0.05) is 29.5 Å². The molecule has 0 bridgehead atoms. The van der Waals surface area contributed by atoms with E-state index >= 15 is 0 Å². The molecule has 0 radical (unpaired) electrons. The smallest absolute Gasteiger partial charge is 0.166 e. The number of nitrogens with zero attached hydrogens (tertiary/aromatic N) is 1. The van der Waals surface area contributed by atoms with E-state index in [2.05, 4.69) is 52.0 Å². The van der Waals surface area contributed by atoms with Crippen LogP contribution in [0.4, 0.5) is 0 Å². The molecule has 0 aliphatic carbocycles. The summed E-state index contributed by atoms with van der Waals surface area (Å²) in [7, 11) is 1.72. The normalized spacial score (nSPS) is 20.4. The monoisotopic (exact) mass is 377 g/mol. The van der Waals surface area contributed by atoms with Crippen molar-refractivity contribution in [1.82, 2.24) is 0 Å². The first kappa shape index (κ1) is 17.6. The molecule has 2 aromatic rings. The molecular weight excluding hydrogens is 350 g/mol. The molecule has 3 aliphatic rings. The van der Waals surface area contributed by atoms with Crippen LogP contribution in [0.5, 0.6) is 17.2 Å². The predicted octanol–water partition coefficient (Wildman–Crippen LogP) is 4.52. The standard InChI is InChI=1S/C24H27NO3/c1-23(2)12-16-11-19(26-5)22-17(13-24(3,4)28-22)20(16)21(25-23)15-6-7-18-14(10-15)8-9-27-18/h6-7,10-11H,8-9,12-13H2,1-5H3. The molecule has 0 fully saturated rings. The van der Waals surface area contributed by atoms with Crippen molar-refractivity contribution in [2.45, 2.75) is 58.1 Å². The maximum absolute atomic E-state index is 6.29. The minimum atomic E-state index is -0.241. The highest BCUT2D eigenvalue weighted by molar-refractivity contribution is 6.16. The molecule has 0 saturated heterocycles. The second kappa shape index (κ2) is 5.76. The van der Waals surface area contributed by atoms with Gasteiger partial charge in [0.05, 0.1) is 25.0 Å². The van der Waals surface area contributed by atoms with Crippen LogP contribution in [0.15, 0.2) is 29.3 Å². The number of aliphatic imine (C=N–C) groups is 1. The molecule has 28 heavy (non-hydrogen) atoms. The van der Waals surface area contributed by atoms with Gasteiger partial charge >= 0.3 is 0 Å². The van der Waals surface area contributed by atoms with E-state index < -0.39 is 0 Å². The summed E-state index contributed by atoms with van der Waals surface area (Å²) in [6, 6.07) is 8.64. The zero-order valence-corrected chi connectivity index (χ0v) is 17.3. The van der Waals surface area contributed by atoms with Gasteiger partial charge in [-0.15, -0.1) is 0 Å². The number of rotatable bonds is 2. The quantitative estimate of drug-likeness (QED) is 0.773.